The average molecular weight is 275 g/mol. The maximum atomic E-state index is 13.1. The Bertz CT molecular complexity index is 644. The van der Waals surface area contributed by atoms with Crippen molar-refractivity contribution in [3.63, 3.8) is 0 Å². The van der Waals surface area contributed by atoms with E-state index in [2.05, 4.69) is 10.3 Å². The largest absolute Gasteiger partial charge is 0.478 e. The van der Waals surface area contributed by atoms with Gasteiger partial charge in [0.2, 0.25) is 0 Å². The van der Waals surface area contributed by atoms with E-state index in [0.29, 0.717) is 5.69 Å². The minimum Gasteiger partial charge on any atom is -0.478 e. The van der Waals surface area contributed by atoms with Gasteiger partial charge in [0.15, 0.2) is 0 Å². The SMILES string of the molecule is CN(C)c1cccc(Nc2ncc(F)cc2C(=O)O)c1. The number of nitrogens with one attached hydrogen (secondary N) is 1. The van der Waals surface area contributed by atoms with Crippen molar-refractivity contribution in [3.8, 4) is 0 Å². The molecule has 0 saturated carbocycles. The summed E-state index contributed by atoms with van der Waals surface area (Å²) in [6.07, 6.45) is 0.977. The van der Waals surface area contributed by atoms with Gasteiger partial charge in [0, 0.05) is 25.5 Å². The molecule has 1 aromatic heterocycles. The Morgan fingerprint density at radius 1 is 1.35 bits per heavy atom. The Kier molecular flexibility index (Phi) is 3.84. The molecule has 1 heterocycles. The van der Waals surface area contributed by atoms with Gasteiger partial charge in [-0.05, 0) is 24.3 Å². The second kappa shape index (κ2) is 5.56. The van der Waals surface area contributed by atoms with Crippen molar-refractivity contribution in [1.82, 2.24) is 4.98 Å². The van der Waals surface area contributed by atoms with Gasteiger partial charge in [-0.2, -0.15) is 0 Å². The van der Waals surface area contributed by atoms with E-state index in [0.717, 1.165) is 18.0 Å². The molecule has 0 unspecified atom stereocenters. The zero-order valence-electron chi connectivity index (χ0n) is 11.1. The molecule has 2 aromatic rings. The van der Waals surface area contributed by atoms with Crippen LogP contribution in [0.5, 0.6) is 0 Å². The Labute approximate surface area is 115 Å². The molecule has 0 saturated heterocycles. The van der Waals surface area contributed by atoms with Gasteiger partial charge >= 0.3 is 5.97 Å². The molecule has 104 valence electrons. The van der Waals surface area contributed by atoms with Crippen LogP contribution < -0.4 is 10.2 Å². The molecule has 0 aliphatic rings. The minimum absolute atomic E-state index is 0.106. The van der Waals surface area contributed by atoms with Gasteiger partial charge in [-0.3, -0.25) is 0 Å². The van der Waals surface area contributed by atoms with E-state index in [9.17, 15) is 9.18 Å². The van der Waals surface area contributed by atoms with Crippen LogP contribution >= 0.6 is 0 Å². The monoisotopic (exact) mass is 275 g/mol. The average Bonchev–Trinajstić information content (AvgIpc) is 2.41. The molecule has 0 amide bonds. The molecule has 0 bridgehead atoms. The first-order valence-corrected chi connectivity index (χ1v) is 5.90. The van der Waals surface area contributed by atoms with Crippen LogP contribution in [0, 0.1) is 5.82 Å². The molecule has 0 atom stereocenters. The lowest BCUT2D eigenvalue weighted by Gasteiger charge is -2.14. The number of carboxylic acids is 1. The molecule has 0 fully saturated rings. The van der Waals surface area contributed by atoms with E-state index in [4.69, 9.17) is 5.11 Å². The zero-order chi connectivity index (χ0) is 14.7. The summed E-state index contributed by atoms with van der Waals surface area (Å²) in [6, 6.07) is 8.32. The Balaban J connectivity index is 2.35. The summed E-state index contributed by atoms with van der Waals surface area (Å²) in [5.41, 5.74) is 1.42. The molecular formula is C14H14FN3O2. The standard InChI is InChI=1S/C14H14FN3O2/c1-18(2)11-5-3-4-10(7-11)17-13-12(14(19)20)6-9(15)8-16-13/h3-8H,1-2H3,(H,16,17)(H,19,20). The summed E-state index contributed by atoms with van der Waals surface area (Å²) in [4.78, 5) is 16.8. The molecule has 20 heavy (non-hydrogen) atoms. The van der Waals surface area contributed by atoms with E-state index in [-0.39, 0.29) is 11.4 Å². The van der Waals surface area contributed by atoms with Gasteiger partial charge in [-0.1, -0.05) is 6.07 Å². The van der Waals surface area contributed by atoms with Crippen LogP contribution in [0.25, 0.3) is 0 Å². The smallest absolute Gasteiger partial charge is 0.339 e. The maximum Gasteiger partial charge on any atom is 0.339 e. The first-order valence-electron chi connectivity index (χ1n) is 5.90. The number of benzene rings is 1. The van der Waals surface area contributed by atoms with E-state index >= 15 is 0 Å². The van der Waals surface area contributed by atoms with Crippen molar-refractivity contribution >= 4 is 23.2 Å². The van der Waals surface area contributed by atoms with Gasteiger partial charge in [-0.25, -0.2) is 14.2 Å². The van der Waals surface area contributed by atoms with Crippen LogP contribution in [-0.2, 0) is 0 Å². The maximum absolute atomic E-state index is 13.1. The number of aromatic carboxylic acids is 1. The van der Waals surface area contributed by atoms with E-state index in [1.165, 1.54) is 0 Å². The van der Waals surface area contributed by atoms with Gasteiger partial charge in [0.1, 0.15) is 17.2 Å². The second-order valence-corrected chi connectivity index (χ2v) is 4.42. The summed E-state index contributed by atoms with van der Waals surface area (Å²) in [5, 5.41) is 11.9. The second-order valence-electron chi connectivity index (χ2n) is 4.42. The fourth-order valence-corrected chi connectivity index (χ4v) is 1.70. The molecule has 1 aromatic carbocycles. The summed E-state index contributed by atoms with van der Waals surface area (Å²) < 4.78 is 13.1. The van der Waals surface area contributed by atoms with Crippen molar-refractivity contribution in [1.29, 1.82) is 0 Å². The Hall–Kier alpha value is -2.63. The Morgan fingerprint density at radius 3 is 2.75 bits per heavy atom. The fourth-order valence-electron chi connectivity index (χ4n) is 1.70. The topological polar surface area (TPSA) is 65.5 Å². The van der Waals surface area contributed by atoms with Gasteiger partial charge in [0.05, 0.1) is 6.20 Å². The van der Waals surface area contributed by atoms with E-state index < -0.39 is 11.8 Å². The zero-order valence-corrected chi connectivity index (χ0v) is 11.1. The van der Waals surface area contributed by atoms with E-state index in [1.807, 2.05) is 37.2 Å². The number of pyridine rings is 1. The molecule has 0 aliphatic heterocycles. The number of rotatable bonds is 4. The van der Waals surface area contributed by atoms with Crippen molar-refractivity contribution in [3.05, 3.63) is 47.9 Å². The third kappa shape index (κ3) is 3.03. The normalized spacial score (nSPS) is 10.2. The number of nitrogens with zero attached hydrogens (tertiary/aromatic N) is 2. The van der Waals surface area contributed by atoms with E-state index in [1.54, 1.807) is 6.07 Å². The van der Waals surface area contributed by atoms with Crippen molar-refractivity contribution < 1.29 is 14.3 Å². The van der Waals surface area contributed by atoms with Gasteiger partial charge in [-0.15, -0.1) is 0 Å². The van der Waals surface area contributed by atoms with Crippen LogP contribution in [0.4, 0.5) is 21.6 Å². The minimum atomic E-state index is -1.23. The number of hydrogen-bond acceptors (Lipinski definition) is 4. The molecule has 5 nitrogen and oxygen atoms in total. The van der Waals surface area contributed by atoms with Crippen molar-refractivity contribution in [2.75, 3.05) is 24.3 Å². The lowest BCUT2D eigenvalue weighted by atomic mass is 10.2. The van der Waals surface area contributed by atoms with Crippen LogP contribution in [0.1, 0.15) is 10.4 Å². The number of hydrogen-bond donors (Lipinski definition) is 2. The molecule has 0 aliphatic carbocycles. The third-order valence-corrected chi connectivity index (χ3v) is 2.71. The van der Waals surface area contributed by atoms with Crippen LogP contribution in [0.3, 0.4) is 0 Å². The highest BCUT2D eigenvalue weighted by Gasteiger charge is 2.13. The van der Waals surface area contributed by atoms with Crippen LogP contribution in [0.2, 0.25) is 0 Å². The lowest BCUT2D eigenvalue weighted by Crippen LogP contribution is -2.09. The molecule has 0 radical (unpaired) electrons. The highest BCUT2D eigenvalue weighted by atomic mass is 19.1. The lowest BCUT2D eigenvalue weighted by molar-refractivity contribution is 0.0697. The predicted molar refractivity (Wildman–Crippen MR) is 75.2 cm³/mol. The first kappa shape index (κ1) is 13.8. The molecule has 0 spiro atoms. The third-order valence-electron chi connectivity index (χ3n) is 2.71. The quantitative estimate of drug-likeness (QED) is 0.898. The number of anilines is 3. The highest BCUT2D eigenvalue weighted by Crippen LogP contribution is 2.23. The molecule has 6 heteroatoms. The molecule has 2 rings (SSSR count). The number of carbonyl (C=O) groups is 1. The number of carboxylic acid groups (broad SMARTS) is 1. The number of halogens is 1. The van der Waals surface area contributed by atoms with Gasteiger partial charge in [0.25, 0.3) is 0 Å². The Morgan fingerprint density at radius 2 is 2.10 bits per heavy atom. The molecule has 2 N–H and O–H groups in total. The van der Waals surface area contributed by atoms with Crippen molar-refractivity contribution in [2.24, 2.45) is 0 Å². The summed E-state index contributed by atoms with van der Waals surface area (Å²) in [6.45, 7) is 0. The molecular weight excluding hydrogens is 261 g/mol. The van der Waals surface area contributed by atoms with Crippen LogP contribution in [0.15, 0.2) is 36.5 Å². The van der Waals surface area contributed by atoms with Gasteiger partial charge < -0.3 is 15.3 Å². The summed E-state index contributed by atoms with van der Waals surface area (Å²) in [5.74, 6) is -1.81. The number of aromatic nitrogens is 1. The first-order chi connectivity index (χ1) is 9.47. The summed E-state index contributed by atoms with van der Waals surface area (Å²) >= 11 is 0. The van der Waals surface area contributed by atoms with Crippen LogP contribution in [-0.4, -0.2) is 30.2 Å². The highest BCUT2D eigenvalue weighted by molar-refractivity contribution is 5.94. The predicted octanol–water partition coefficient (Wildman–Crippen LogP) is 2.73. The summed E-state index contributed by atoms with van der Waals surface area (Å²) in [7, 11) is 3.80. The fraction of sp³-hybridized carbons (Fsp3) is 0.143. The van der Waals surface area contributed by atoms with Crippen molar-refractivity contribution in [2.45, 2.75) is 0 Å².